The molecule has 33 heavy (non-hydrogen) atoms. The Bertz CT molecular complexity index is 1290. The van der Waals surface area contributed by atoms with E-state index in [1.54, 1.807) is 27.9 Å². The topological polar surface area (TPSA) is 90.2 Å². The number of hydrogen-bond acceptors (Lipinski definition) is 6. The third kappa shape index (κ3) is 4.44. The molecular formula is C24H24FN5O3. The quantitative estimate of drug-likeness (QED) is 0.455. The van der Waals surface area contributed by atoms with Crippen molar-refractivity contribution < 1.29 is 18.1 Å². The Morgan fingerprint density at radius 1 is 1.30 bits per heavy atom. The molecule has 4 aromatic rings. The van der Waals surface area contributed by atoms with Crippen LogP contribution in [0.15, 0.2) is 51.7 Å². The summed E-state index contributed by atoms with van der Waals surface area (Å²) in [5.41, 5.74) is 3.07. The van der Waals surface area contributed by atoms with Gasteiger partial charge in [-0.15, -0.1) is 0 Å². The number of oxazole rings is 1. The molecule has 0 N–H and O–H groups in total. The van der Waals surface area contributed by atoms with Gasteiger partial charge in [0.1, 0.15) is 17.3 Å². The molecule has 1 saturated heterocycles. The van der Waals surface area contributed by atoms with E-state index in [9.17, 15) is 9.18 Å². The van der Waals surface area contributed by atoms with Crippen LogP contribution in [0.3, 0.4) is 0 Å². The molecule has 0 unspecified atom stereocenters. The lowest BCUT2D eigenvalue weighted by molar-refractivity contribution is 0.0656. The number of amides is 1. The van der Waals surface area contributed by atoms with E-state index < -0.39 is 0 Å². The Morgan fingerprint density at radius 3 is 2.97 bits per heavy atom. The molecule has 1 atom stereocenters. The van der Waals surface area contributed by atoms with Crippen molar-refractivity contribution in [2.45, 2.75) is 32.1 Å². The third-order valence-corrected chi connectivity index (χ3v) is 5.91. The highest BCUT2D eigenvalue weighted by molar-refractivity contribution is 5.92. The zero-order chi connectivity index (χ0) is 22.9. The lowest BCUT2D eigenvalue weighted by Crippen LogP contribution is -2.39. The summed E-state index contributed by atoms with van der Waals surface area (Å²) in [5, 5.41) is 8.38. The molecule has 0 bridgehead atoms. The van der Waals surface area contributed by atoms with Gasteiger partial charge in [-0.3, -0.25) is 9.48 Å². The second-order valence-corrected chi connectivity index (χ2v) is 8.44. The van der Waals surface area contributed by atoms with E-state index in [2.05, 4.69) is 15.2 Å². The van der Waals surface area contributed by atoms with Crippen LogP contribution in [0.4, 0.5) is 4.39 Å². The van der Waals surface area contributed by atoms with Gasteiger partial charge in [0.2, 0.25) is 5.76 Å². The van der Waals surface area contributed by atoms with E-state index in [0.29, 0.717) is 36.9 Å². The van der Waals surface area contributed by atoms with E-state index in [4.69, 9.17) is 8.94 Å². The number of benzene rings is 1. The molecule has 9 heteroatoms. The smallest absolute Gasteiger partial charge is 0.292 e. The number of carbonyl (C=O) groups excluding carboxylic acids is 1. The number of aromatic nitrogens is 4. The number of hydrogen-bond donors (Lipinski definition) is 0. The van der Waals surface area contributed by atoms with E-state index in [1.807, 2.05) is 26.2 Å². The zero-order valence-electron chi connectivity index (χ0n) is 18.5. The molecule has 0 saturated carbocycles. The van der Waals surface area contributed by atoms with Gasteiger partial charge in [-0.05, 0) is 37.5 Å². The highest BCUT2D eigenvalue weighted by atomic mass is 19.1. The maximum atomic E-state index is 13.4. The van der Waals surface area contributed by atoms with Gasteiger partial charge in [0, 0.05) is 44.4 Å². The molecule has 1 fully saturated rings. The standard InChI is InChI=1S/C24H24FN5O3/c1-15-20(14-29(2)27-15)21-11-22(33-28-21)24(31)30-8-4-6-17(13-30)23-26-12-19(32-23)10-16-5-3-7-18(25)9-16/h3,5,7,9,11-12,14,17H,4,6,8,10,13H2,1-2H3/t17-/m1/s1. The summed E-state index contributed by atoms with van der Waals surface area (Å²) in [5.74, 6) is 0.989. The predicted octanol–water partition coefficient (Wildman–Crippen LogP) is 4.12. The van der Waals surface area contributed by atoms with Gasteiger partial charge in [0.15, 0.2) is 5.89 Å². The van der Waals surface area contributed by atoms with Crippen LogP contribution >= 0.6 is 0 Å². The Hall–Kier alpha value is -3.75. The summed E-state index contributed by atoms with van der Waals surface area (Å²) >= 11 is 0. The first-order chi connectivity index (χ1) is 16.0. The minimum atomic E-state index is -0.275. The van der Waals surface area contributed by atoms with Gasteiger partial charge < -0.3 is 13.8 Å². The van der Waals surface area contributed by atoms with Crippen LogP contribution in [0.1, 0.15) is 52.2 Å². The molecule has 170 valence electrons. The molecular weight excluding hydrogens is 425 g/mol. The van der Waals surface area contributed by atoms with Crippen LogP contribution in [0.2, 0.25) is 0 Å². The van der Waals surface area contributed by atoms with E-state index in [-0.39, 0.29) is 23.4 Å². The number of halogens is 1. The second kappa shape index (κ2) is 8.65. The van der Waals surface area contributed by atoms with E-state index in [0.717, 1.165) is 29.7 Å². The van der Waals surface area contributed by atoms with Gasteiger partial charge in [0.05, 0.1) is 17.8 Å². The average molecular weight is 449 g/mol. The Morgan fingerprint density at radius 2 is 2.18 bits per heavy atom. The molecule has 1 aliphatic heterocycles. The number of likely N-dealkylation sites (tertiary alicyclic amines) is 1. The molecule has 1 amide bonds. The molecule has 4 heterocycles. The highest BCUT2D eigenvalue weighted by Crippen LogP contribution is 2.29. The van der Waals surface area contributed by atoms with Crippen molar-refractivity contribution in [3.8, 4) is 11.3 Å². The van der Waals surface area contributed by atoms with Gasteiger partial charge in [0.25, 0.3) is 5.91 Å². The van der Waals surface area contributed by atoms with Crippen LogP contribution in [0.25, 0.3) is 11.3 Å². The summed E-state index contributed by atoms with van der Waals surface area (Å²) in [6.45, 7) is 3.01. The van der Waals surface area contributed by atoms with Crippen LogP contribution in [-0.2, 0) is 13.5 Å². The number of carbonyl (C=O) groups is 1. The first kappa shape index (κ1) is 21.1. The Balaban J connectivity index is 1.27. The second-order valence-electron chi connectivity index (χ2n) is 8.44. The maximum absolute atomic E-state index is 13.4. The number of piperidine rings is 1. The predicted molar refractivity (Wildman–Crippen MR) is 117 cm³/mol. The Kier molecular flexibility index (Phi) is 5.53. The summed E-state index contributed by atoms with van der Waals surface area (Å²) < 4.78 is 26.5. The fraction of sp³-hybridized carbons (Fsp3) is 0.333. The lowest BCUT2D eigenvalue weighted by Gasteiger charge is -2.30. The van der Waals surface area contributed by atoms with Crippen molar-refractivity contribution in [1.82, 2.24) is 24.8 Å². The lowest BCUT2D eigenvalue weighted by atomic mass is 9.98. The first-order valence-electron chi connectivity index (χ1n) is 10.9. The SMILES string of the molecule is Cc1nn(C)cc1-c1cc(C(=O)N2CCC[C@@H](c3ncc(Cc4cccc(F)c4)o3)C2)on1. The van der Waals surface area contributed by atoms with E-state index in [1.165, 1.54) is 12.1 Å². The monoisotopic (exact) mass is 449 g/mol. The van der Waals surface area contributed by atoms with Crippen LogP contribution < -0.4 is 0 Å². The molecule has 0 radical (unpaired) electrons. The minimum absolute atomic E-state index is 0.00748. The molecule has 1 aliphatic rings. The van der Waals surface area contributed by atoms with Gasteiger partial charge in [-0.25, -0.2) is 9.37 Å². The van der Waals surface area contributed by atoms with Crippen molar-refractivity contribution in [3.05, 3.63) is 77.2 Å². The average Bonchev–Trinajstić information content (AvgIpc) is 3.53. The van der Waals surface area contributed by atoms with Crippen molar-refractivity contribution in [3.63, 3.8) is 0 Å². The summed E-state index contributed by atoms with van der Waals surface area (Å²) in [4.78, 5) is 19.3. The number of nitrogens with zero attached hydrogens (tertiary/aromatic N) is 5. The molecule has 8 nitrogen and oxygen atoms in total. The normalized spacial score (nSPS) is 16.3. The number of rotatable bonds is 5. The summed E-state index contributed by atoms with van der Waals surface area (Å²) in [7, 11) is 1.84. The molecule has 3 aromatic heterocycles. The van der Waals surface area contributed by atoms with E-state index >= 15 is 0 Å². The summed E-state index contributed by atoms with van der Waals surface area (Å²) in [6, 6.07) is 8.10. The largest absolute Gasteiger partial charge is 0.445 e. The fourth-order valence-electron chi connectivity index (χ4n) is 4.31. The molecule has 5 rings (SSSR count). The Labute approximate surface area is 190 Å². The molecule has 0 aliphatic carbocycles. The zero-order valence-corrected chi connectivity index (χ0v) is 18.5. The van der Waals surface area contributed by atoms with Crippen LogP contribution in [-0.4, -0.2) is 43.8 Å². The van der Waals surface area contributed by atoms with Crippen LogP contribution in [0, 0.1) is 12.7 Å². The van der Waals surface area contributed by atoms with Gasteiger partial charge in [-0.1, -0.05) is 17.3 Å². The van der Waals surface area contributed by atoms with Gasteiger partial charge >= 0.3 is 0 Å². The van der Waals surface area contributed by atoms with Crippen molar-refractivity contribution in [1.29, 1.82) is 0 Å². The maximum Gasteiger partial charge on any atom is 0.292 e. The summed E-state index contributed by atoms with van der Waals surface area (Å²) in [6.07, 6.45) is 5.71. The fourth-order valence-corrected chi connectivity index (χ4v) is 4.31. The van der Waals surface area contributed by atoms with Crippen molar-refractivity contribution >= 4 is 5.91 Å². The van der Waals surface area contributed by atoms with Gasteiger partial charge in [-0.2, -0.15) is 5.10 Å². The first-order valence-corrected chi connectivity index (χ1v) is 10.9. The highest BCUT2D eigenvalue weighted by Gasteiger charge is 2.30. The molecule has 1 aromatic carbocycles. The van der Waals surface area contributed by atoms with Crippen molar-refractivity contribution in [2.75, 3.05) is 13.1 Å². The molecule has 0 spiro atoms. The van der Waals surface area contributed by atoms with Crippen molar-refractivity contribution in [2.24, 2.45) is 7.05 Å². The minimum Gasteiger partial charge on any atom is -0.445 e. The van der Waals surface area contributed by atoms with Crippen LogP contribution in [0.5, 0.6) is 0 Å². The number of aryl methyl sites for hydroxylation is 2. The third-order valence-electron chi connectivity index (χ3n) is 5.91.